The summed E-state index contributed by atoms with van der Waals surface area (Å²) in [6.07, 6.45) is 6.42. The summed E-state index contributed by atoms with van der Waals surface area (Å²) < 4.78 is 4.96. The lowest BCUT2D eigenvalue weighted by Gasteiger charge is -2.27. The summed E-state index contributed by atoms with van der Waals surface area (Å²) >= 11 is 0. The van der Waals surface area contributed by atoms with E-state index in [1.807, 2.05) is 0 Å². The molecule has 2 N–H and O–H groups in total. The van der Waals surface area contributed by atoms with E-state index in [1.54, 1.807) is 7.11 Å². The Morgan fingerprint density at radius 3 is 2.93 bits per heavy atom. The minimum absolute atomic E-state index is 0.528. The number of methoxy groups -OCH3 is 1. The van der Waals surface area contributed by atoms with Gasteiger partial charge in [-0.05, 0) is 18.8 Å². The highest BCUT2D eigenvalue weighted by Gasteiger charge is 2.22. The molecule has 0 bridgehead atoms. The molecule has 15 heavy (non-hydrogen) atoms. The lowest BCUT2D eigenvalue weighted by molar-refractivity contribution is 0.207. The molecule has 0 aromatic rings. The summed E-state index contributed by atoms with van der Waals surface area (Å²) in [4.78, 5) is 4.38. The van der Waals surface area contributed by atoms with Crippen molar-refractivity contribution in [3.63, 3.8) is 0 Å². The molecule has 2 unspecified atom stereocenters. The summed E-state index contributed by atoms with van der Waals surface area (Å²) in [6, 6.07) is 0. The Balaban J connectivity index is 2.37. The highest BCUT2D eigenvalue weighted by molar-refractivity contribution is 5.82. The van der Waals surface area contributed by atoms with Gasteiger partial charge in [-0.25, -0.2) is 0 Å². The molecule has 0 heterocycles. The number of hydrogen-bond acceptors (Lipinski definition) is 2. The molecule has 88 valence electrons. The maximum absolute atomic E-state index is 6.00. The highest BCUT2D eigenvalue weighted by Crippen LogP contribution is 2.30. The van der Waals surface area contributed by atoms with E-state index in [9.17, 15) is 0 Å². The zero-order valence-corrected chi connectivity index (χ0v) is 10.0. The molecule has 1 fully saturated rings. The van der Waals surface area contributed by atoms with Crippen LogP contribution in [0.2, 0.25) is 0 Å². The van der Waals surface area contributed by atoms with Crippen molar-refractivity contribution in [1.29, 1.82) is 0 Å². The molecule has 0 aliphatic heterocycles. The zero-order valence-electron chi connectivity index (χ0n) is 10.0. The minimum atomic E-state index is 0.528. The van der Waals surface area contributed by atoms with Gasteiger partial charge in [0.2, 0.25) is 0 Å². The molecule has 0 aromatic carbocycles. The molecule has 1 aliphatic carbocycles. The van der Waals surface area contributed by atoms with Gasteiger partial charge in [-0.1, -0.05) is 26.2 Å². The predicted octanol–water partition coefficient (Wildman–Crippen LogP) is 2.21. The first-order valence-corrected chi connectivity index (χ1v) is 6.06. The summed E-state index contributed by atoms with van der Waals surface area (Å²) in [7, 11) is 1.69. The summed E-state index contributed by atoms with van der Waals surface area (Å²) in [5.41, 5.74) is 6.00. The number of hydrogen-bond donors (Lipinski definition) is 1. The molecule has 0 aromatic heterocycles. The second kappa shape index (κ2) is 6.83. The van der Waals surface area contributed by atoms with E-state index in [4.69, 9.17) is 10.5 Å². The van der Waals surface area contributed by atoms with Crippen LogP contribution in [-0.2, 0) is 4.74 Å². The second-order valence-electron chi connectivity index (χ2n) is 4.44. The monoisotopic (exact) mass is 212 g/mol. The van der Waals surface area contributed by atoms with Gasteiger partial charge in [-0.15, -0.1) is 0 Å². The van der Waals surface area contributed by atoms with Gasteiger partial charge < -0.3 is 10.5 Å². The Bertz CT molecular complexity index is 204. The van der Waals surface area contributed by atoms with Crippen molar-refractivity contribution in [2.45, 2.75) is 39.0 Å². The summed E-state index contributed by atoms with van der Waals surface area (Å²) in [5.74, 6) is 2.24. The molecule has 0 spiro atoms. The molecule has 1 rings (SSSR count). The molecular formula is C12H24N2O. The maximum Gasteiger partial charge on any atom is 0.0969 e. The fourth-order valence-electron chi connectivity index (χ4n) is 2.33. The standard InChI is InChI=1S/C12H24N2O/c1-3-10-5-4-6-11(9-10)12(13)14-7-8-15-2/h10-11H,3-9H2,1-2H3,(H2,13,14). The van der Waals surface area contributed by atoms with E-state index in [-0.39, 0.29) is 0 Å². The van der Waals surface area contributed by atoms with Crippen molar-refractivity contribution in [3.8, 4) is 0 Å². The van der Waals surface area contributed by atoms with Crippen molar-refractivity contribution in [2.24, 2.45) is 22.6 Å². The first kappa shape index (κ1) is 12.5. The van der Waals surface area contributed by atoms with Crippen LogP contribution in [0.5, 0.6) is 0 Å². The quantitative estimate of drug-likeness (QED) is 0.431. The van der Waals surface area contributed by atoms with Crippen molar-refractivity contribution in [1.82, 2.24) is 0 Å². The number of aliphatic imine (C=N–C) groups is 1. The van der Waals surface area contributed by atoms with Gasteiger partial charge in [0.15, 0.2) is 0 Å². The largest absolute Gasteiger partial charge is 0.387 e. The Morgan fingerprint density at radius 1 is 1.47 bits per heavy atom. The zero-order chi connectivity index (χ0) is 11.1. The Kier molecular flexibility index (Phi) is 5.69. The van der Waals surface area contributed by atoms with Gasteiger partial charge in [0.1, 0.15) is 0 Å². The molecule has 0 amide bonds. The van der Waals surface area contributed by atoms with Crippen LogP contribution in [0.1, 0.15) is 39.0 Å². The molecule has 1 aliphatic rings. The van der Waals surface area contributed by atoms with Crippen molar-refractivity contribution in [3.05, 3.63) is 0 Å². The van der Waals surface area contributed by atoms with Crippen LogP contribution in [0.25, 0.3) is 0 Å². The predicted molar refractivity (Wildman–Crippen MR) is 64.1 cm³/mol. The van der Waals surface area contributed by atoms with Gasteiger partial charge in [-0.2, -0.15) is 0 Å². The average Bonchev–Trinajstić information content (AvgIpc) is 2.29. The van der Waals surface area contributed by atoms with Crippen molar-refractivity contribution >= 4 is 5.84 Å². The normalized spacial score (nSPS) is 28.0. The van der Waals surface area contributed by atoms with Crippen molar-refractivity contribution in [2.75, 3.05) is 20.3 Å². The van der Waals surface area contributed by atoms with E-state index in [2.05, 4.69) is 11.9 Å². The maximum atomic E-state index is 6.00. The fraction of sp³-hybridized carbons (Fsp3) is 0.917. The van der Waals surface area contributed by atoms with E-state index in [0.29, 0.717) is 19.1 Å². The minimum Gasteiger partial charge on any atom is -0.387 e. The van der Waals surface area contributed by atoms with E-state index in [1.165, 1.54) is 32.1 Å². The smallest absolute Gasteiger partial charge is 0.0969 e. The Hall–Kier alpha value is -0.570. The second-order valence-corrected chi connectivity index (χ2v) is 4.44. The van der Waals surface area contributed by atoms with Gasteiger partial charge in [-0.3, -0.25) is 4.99 Å². The van der Waals surface area contributed by atoms with E-state index >= 15 is 0 Å². The van der Waals surface area contributed by atoms with Gasteiger partial charge in [0, 0.05) is 13.0 Å². The van der Waals surface area contributed by atoms with Crippen LogP contribution in [0, 0.1) is 11.8 Å². The van der Waals surface area contributed by atoms with Crippen molar-refractivity contribution < 1.29 is 4.74 Å². The molecule has 1 saturated carbocycles. The number of amidine groups is 1. The van der Waals surface area contributed by atoms with Gasteiger partial charge in [0.05, 0.1) is 19.0 Å². The third-order valence-electron chi connectivity index (χ3n) is 3.37. The van der Waals surface area contributed by atoms with Crippen LogP contribution >= 0.6 is 0 Å². The molecule has 2 atom stereocenters. The molecule has 3 heteroatoms. The molecular weight excluding hydrogens is 188 g/mol. The summed E-state index contributed by atoms with van der Waals surface area (Å²) in [5, 5.41) is 0. The third kappa shape index (κ3) is 4.20. The first-order chi connectivity index (χ1) is 7.27. The van der Waals surface area contributed by atoms with E-state index < -0.39 is 0 Å². The number of nitrogens with two attached hydrogens (primary N) is 1. The van der Waals surface area contributed by atoms with Crippen LogP contribution in [-0.4, -0.2) is 26.1 Å². The Labute approximate surface area is 93.1 Å². The molecule has 0 radical (unpaired) electrons. The summed E-state index contributed by atoms with van der Waals surface area (Å²) in [6.45, 7) is 3.64. The van der Waals surface area contributed by atoms with Crippen LogP contribution in [0.4, 0.5) is 0 Å². The first-order valence-electron chi connectivity index (χ1n) is 6.06. The fourth-order valence-corrected chi connectivity index (χ4v) is 2.33. The number of rotatable bonds is 5. The highest BCUT2D eigenvalue weighted by atomic mass is 16.5. The Morgan fingerprint density at radius 2 is 2.27 bits per heavy atom. The molecule has 3 nitrogen and oxygen atoms in total. The van der Waals surface area contributed by atoms with Crippen LogP contribution in [0.15, 0.2) is 4.99 Å². The topological polar surface area (TPSA) is 47.6 Å². The average molecular weight is 212 g/mol. The lowest BCUT2D eigenvalue weighted by atomic mass is 9.80. The van der Waals surface area contributed by atoms with Crippen LogP contribution < -0.4 is 5.73 Å². The third-order valence-corrected chi connectivity index (χ3v) is 3.37. The van der Waals surface area contributed by atoms with Gasteiger partial charge >= 0.3 is 0 Å². The SMILES string of the molecule is CCC1CCCC(C(N)=NCCOC)C1. The molecule has 0 saturated heterocycles. The number of nitrogens with zero attached hydrogens (tertiary/aromatic N) is 1. The number of ether oxygens (including phenoxy) is 1. The van der Waals surface area contributed by atoms with Gasteiger partial charge in [0.25, 0.3) is 0 Å². The van der Waals surface area contributed by atoms with E-state index in [0.717, 1.165) is 11.8 Å². The van der Waals surface area contributed by atoms with Crippen LogP contribution in [0.3, 0.4) is 0 Å². The lowest BCUT2D eigenvalue weighted by Crippen LogP contribution is -2.29.